The Bertz CT molecular complexity index is 339. The molecular weight excluding hydrogens is 240 g/mol. The van der Waals surface area contributed by atoms with Gasteiger partial charge in [0.15, 0.2) is 0 Å². The molecule has 0 aliphatic rings. The van der Waals surface area contributed by atoms with Gasteiger partial charge in [-0.25, -0.2) is 0 Å². The molecule has 0 spiro atoms. The number of nitrogens with zero attached hydrogens (tertiary/aromatic N) is 1. The standard InChI is InChI=1S/C15H26N2O2/c1-4-13-5-7-15(8-6-13)19-12-14(18)11-16-9-10-17(2)3/h5-8,14,16,18H,4,9-12H2,1-3H3. The minimum atomic E-state index is -0.479. The zero-order valence-corrected chi connectivity index (χ0v) is 12.2. The average molecular weight is 266 g/mol. The number of rotatable bonds is 9. The fourth-order valence-corrected chi connectivity index (χ4v) is 1.64. The molecule has 1 aromatic carbocycles. The third kappa shape index (κ3) is 7.15. The Hall–Kier alpha value is -1.10. The van der Waals surface area contributed by atoms with Crippen molar-refractivity contribution >= 4 is 0 Å². The average Bonchev–Trinajstić information content (AvgIpc) is 2.41. The van der Waals surface area contributed by atoms with Gasteiger partial charge in [-0.3, -0.25) is 0 Å². The largest absolute Gasteiger partial charge is 0.491 e. The van der Waals surface area contributed by atoms with Crippen LogP contribution in [0.3, 0.4) is 0 Å². The fraction of sp³-hybridized carbons (Fsp3) is 0.600. The van der Waals surface area contributed by atoms with E-state index in [1.54, 1.807) is 0 Å². The summed E-state index contributed by atoms with van der Waals surface area (Å²) in [7, 11) is 4.06. The smallest absolute Gasteiger partial charge is 0.119 e. The highest BCUT2D eigenvalue weighted by atomic mass is 16.5. The number of benzene rings is 1. The second-order valence-electron chi connectivity index (χ2n) is 4.97. The van der Waals surface area contributed by atoms with Gasteiger partial charge < -0.3 is 20.1 Å². The molecule has 0 amide bonds. The molecule has 0 aromatic heterocycles. The highest BCUT2D eigenvalue weighted by molar-refractivity contribution is 5.27. The molecule has 19 heavy (non-hydrogen) atoms. The molecule has 1 atom stereocenters. The van der Waals surface area contributed by atoms with Crippen molar-refractivity contribution in [2.45, 2.75) is 19.4 Å². The third-order valence-electron chi connectivity index (χ3n) is 2.89. The van der Waals surface area contributed by atoms with E-state index in [2.05, 4.69) is 29.3 Å². The van der Waals surface area contributed by atoms with Crippen molar-refractivity contribution in [3.8, 4) is 5.75 Å². The zero-order valence-electron chi connectivity index (χ0n) is 12.2. The molecular formula is C15H26N2O2. The van der Waals surface area contributed by atoms with Gasteiger partial charge in [-0.2, -0.15) is 0 Å². The van der Waals surface area contributed by atoms with Crippen molar-refractivity contribution in [3.63, 3.8) is 0 Å². The summed E-state index contributed by atoms with van der Waals surface area (Å²) in [6.07, 6.45) is 0.548. The van der Waals surface area contributed by atoms with E-state index in [1.165, 1.54) is 5.56 Å². The molecule has 0 heterocycles. The first-order chi connectivity index (χ1) is 9.11. The highest BCUT2D eigenvalue weighted by Gasteiger charge is 2.04. The molecule has 0 fully saturated rings. The Labute approximate surface area is 116 Å². The summed E-state index contributed by atoms with van der Waals surface area (Å²) >= 11 is 0. The molecule has 4 nitrogen and oxygen atoms in total. The summed E-state index contributed by atoms with van der Waals surface area (Å²) in [5.41, 5.74) is 1.29. The normalized spacial score (nSPS) is 12.7. The first kappa shape index (κ1) is 16.0. The van der Waals surface area contributed by atoms with Crippen molar-refractivity contribution in [2.24, 2.45) is 0 Å². The van der Waals surface area contributed by atoms with Crippen LogP contribution in [-0.4, -0.2) is 56.4 Å². The number of aryl methyl sites for hydroxylation is 1. The summed E-state index contributed by atoms with van der Waals surface area (Å²) in [6.45, 7) is 4.83. The Kier molecular flexibility index (Phi) is 7.48. The van der Waals surface area contributed by atoms with Crippen LogP contribution in [0.25, 0.3) is 0 Å². The number of aliphatic hydroxyl groups is 1. The van der Waals surface area contributed by atoms with E-state index in [0.29, 0.717) is 13.2 Å². The van der Waals surface area contributed by atoms with Crippen LogP contribution >= 0.6 is 0 Å². The lowest BCUT2D eigenvalue weighted by molar-refractivity contribution is 0.106. The van der Waals surface area contributed by atoms with Crippen LogP contribution < -0.4 is 10.1 Å². The molecule has 0 aliphatic heterocycles. The predicted octanol–water partition coefficient (Wildman–Crippen LogP) is 1.14. The van der Waals surface area contributed by atoms with Crippen LogP contribution in [-0.2, 0) is 6.42 Å². The van der Waals surface area contributed by atoms with Crippen molar-refractivity contribution in [3.05, 3.63) is 29.8 Å². The SMILES string of the molecule is CCc1ccc(OCC(O)CNCCN(C)C)cc1. The van der Waals surface area contributed by atoms with Gasteiger partial charge in [0, 0.05) is 19.6 Å². The summed E-state index contributed by atoms with van der Waals surface area (Å²) in [5.74, 6) is 0.810. The van der Waals surface area contributed by atoms with E-state index in [0.717, 1.165) is 25.3 Å². The first-order valence-corrected chi connectivity index (χ1v) is 6.87. The molecule has 0 saturated carbocycles. The molecule has 108 valence electrons. The van der Waals surface area contributed by atoms with Crippen LogP contribution in [0.15, 0.2) is 24.3 Å². The van der Waals surface area contributed by atoms with Gasteiger partial charge in [-0.05, 0) is 38.2 Å². The number of hydrogen-bond acceptors (Lipinski definition) is 4. The molecule has 1 aromatic rings. The van der Waals surface area contributed by atoms with E-state index >= 15 is 0 Å². The van der Waals surface area contributed by atoms with Crippen molar-refractivity contribution in [2.75, 3.05) is 40.3 Å². The van der Waals surface area contributed by atoms with Crippen LogP contribution in [0, 0.1) is 0 Å². The number of hydrogen-bond donors (Lipinski definition) is 2. The topological polar surface area (TPSA) is 44.7 Å². The summed E-state index contributed by atoms with van der Waals surface area (Å²) in [5, 5.41) is 13.0. The zero-order chi connectivity index (χ0) is 14.1. The maximum atomic E-state index is 9.78. The molecule has 0 bridgehead atoms. The number of ether oxygens (including phenoxy) is 1. The lowest BCUT2D eigenvalue weighted by atomic mass is 10.2. The molecule has 0 radical (unpaired) electrons. The van der Waals surface area contributed by atoms with Crippen LogP contribution in [0.4, 0.5) is 0 Å². The highest BCUT2D eigenvalue weighted by Crippen LogP contribution is 2.12. The van der Waals surface area contributed by atoms with E-state index in [4.69, 9.17) is 4.74 Å². The molecule has 4 heteroatoms. The van der Waals surface area contributed by atoms with Gasteiger partial charge in [-0.15, -0.1) is 0 Å². The monoisotopic (exact) mass is 266 g/mol. The minimum Gasteiger partial charge on any atom is -0.491 e. The number of nitrogens with one attached hydrogen (secondary N) is 1. The fourth-order valence-electron chi connectivity index (χ4n) is 1.64. The van der Waals surface area contributed by atoms with E-state index < -0.39 is 6.10 Å². The number of likely N-dealkylation sites (N-methyl/N-ethyl adjacent to an activating group) is 1. The maximum Gasteiger partial charge on any atom is 0.119 e. The Balaban J connectivity index is 2.16. The lowest BCUT2D eigenvalue weighted by Gasteiger charge is -2.15. The van der Waals surface area contributed by atoms with Gasteiger partial charge in [0.2, 0.25) is 0 Å². The van der Waals surface area contributed by atoms with Crippen molar-refractivity contribution < 1.29 is 9.84 Å². The van der Waals surface area contributed by atoms with Gasteiger partial charge in [0.05, 0.1) is 0 Å². The molecule has 1 rings (SSSR count). The van der Waals surface area contributed by atoms with Gasteiger partial charge in [0.1, 0.15) is 18.5 Å². The Morgan fingerprint density at radius 2 is 1.95 bits per heavy atom. The quantitative estimate of drug-likeness (QED) is 0.658. The second kappa shape index (κ2) is 8.91. The minimum absolute atomic E-state index is 0.320. The van der Waals surface area contributed by atoms with Crippen molar-refractivity contribution in [1.82, 2.24) is 10.2 Å². The van der Waals surface area contributed by atoms with E-state index in [-0.39, 0.29) is 0 Å². The van der Waals surface area contributed by atoms with Crippen LogP contribution in [0.1, 0.15) is 12.5 Å². The van der Waals surface area contributed by atoms with Crippen molar-refractivity contribution in [1.29, 1.82) is 0 Å². The third-order valence-corrected chi connectivity index (χ3v) is 2.89. The van der Waals surface area contributed by atoms with Crippen LogP contribution in [0.2, 0.25) is 0 Å². The lowest BCUT2D eigenvalue weighted by Crippen LogP contribution is -2.35. The van der Waals surface area contributed by atoms with Gasteiger partial charge in [-0.1, -0.05) is 19.1 Å². The first-order valence-electron chi connectivity index (χ1n) is 6.87. The predicted molar refractivity (Wildman–Crippen MR) is 78.7 cm³/mol. The maximum absolute atomic E-state index is 9.78. The molecule has 2 N–H and O–H groups in total. The van der Waals surface area contributed by atoms with Gasteiger partial charge in [0.25, 0.3) is 0 Å². The Morgan fingerprint density at radius 1 is 1.26 bits per heavy atom. The van der Waals surface area contributed by atoms with Gasteiger partial charge >= 0.3 is 0 Å². The molecule has 1 unspecified atom stereocenters. The summed E-state index contributed by atoms with van der Waals surface area (Å²) < 4.78 is 5.55. The van der Waals surface area contributed by atoms with E-state index in [1.807, 2.05) is 26.2 Å². The van der Waals surface area contributed by atoms with E-state index in [9.17, 15) is 5.11 Å². The Morgan fingerprint density at radius 3 is 2.53 bits per heavy atom. The summed E-state index contributed by atoms with van der Waals surface area (Å²) in [4.78, 5) is 2.10. The number of aliphatic hydroxyl groups excluding tert-OH is 1. The summed E-state index contributed by atoms with van der Waals surface area (Å²) in [6, 6.07) is 8.00. The van der Waals surface area contributed by atoms with Crippen LogP contribution in [0.5, 0.6) is 5.75 Å². The second-order valence-corrected chi connectivity index (χ2v) is 4.97. The molecule has 0 saturated heterocycles. The molecule has 0 aliphatic carbocycles.